The van der Waals surface area contributed by atoms with Crippen molar-refractivity contribution in [3.63, 3.8) is 0 Å². The number of halogens is 1. The fourth-order valence-electron chi connectivity index (χ4n) is 2.99. The smallest absolute Gasteiger partial charge is 0.140 e. The zero-order valence-corrected chi connectivity index (χ0v) is 12.4. The number of hydrogen-bond donors (Lipinski definition) is 0. The van der Waals surface area contributed by atoms with E-state index < -0.39 is 4.32 Å². The summed E-state index contributed by atoms with van der Waals surface area (Å²) in [7, 11) is 0. The summed E-state index contributed by atoms with van der Waals surface area (Å²) >= 11 is 3.49. The van der Waals surface area contributed by atoms with Crippen LogP contribution in [-0.4, -0.2) is 16.2 Å². The molecular weight excluding hydrogens is 280 g/mol. The van der Waals surface area contributed by atoms with Crippen molar-refractivity contribution in [2.24, 2.45) is 5.41 Å². The lowest BCUT2D eigenvalue weighted by Gasteiger charge is -2.46. The Labute approximate surface area is 111 Å². The fraction of sp³-hybridized carbons (Fsp3) is 0.643. The molecule has 0 saturated carbocycles. The maximum atomic E-state index is 11.1. The second-order valence-electron chi connectivity index (χ2n) is 6.32. The number of allylic oxidation sites excluding steroid dienone is 3. The van der Waals surface area contributed by atoms with Gasteiger partial charge in [-0.2, -0.15) is 0 Å². The third-order valence-corrected chi connectivity index (χ3v) is 4.26. The van der Waals surface area contributed by atoms with Crippen LogP contribution in [0.15, 0.2) is 23.5 Å². The van der Waals surface area contributed by atoms with Gasteiger partial charge < -0.3 is 9.53 Å². The maximum Gasteiger partial charge on any atom is 0.140 e. The molecule has 0 aromatic rings. The summed E-state index contributed by atoms with van der Waals surface area (Å²) in [5.74, 6) is 0.947. The van der Waals surface area contributed by atoms with Crippen molar-refractivity contribution in [3.8, 4) is 0 Å². The van der Waals surface area contributed by atoms with Crippen LogP contribution < -0.4 is 0 Å². The Morgan fingerprint density at radius 1 is 1.35 bits per heavy atom. The number of alkyl halides is 1. The van der Waals surface area contributed by atoms with E-state index in [4.69, 9.17) is 4.74 Å². The number of carbonyl (C=O) groups is 1. The van der Waals surface area contributed by atoms with Crippen LogP contribution in [0.4, 0.5) is 0 Å². The second kappa shape index (κ2) is 3.71. The standard InChI is InChI=1S/C14H19BrO2/c1-12(2)8-13(3,4)17-11-5-6-14(15,9-16)7-10(11)12/h5-6,9H,7-8H2,1-4H3. The predicted octanol–water partition coefficient (Wildman–Crippen LogP) is 3.76. The van der Waals surface area contributed by atoms with E-state index in [1.165, 1.54) is 5.57 Å². The lowest BCUT2D eigenvalue weighted by molar-refractivity contribution is -0.108. The van der Waals surface area contributed by atoms with Gasteiger partial charge in [0, 0.05) is 0 Å². The Hall–Kier alpha value is -0.570. The zero-order chi connectivity index (χ0) is 12.9. The average molecular weight is 299 g/mol. The molecule has 2 nitrogen and oxygen atoms in total. The van der Waals surface area contributed by atoms with Crippen molar-refractivity contribution in [2.75, 3.05) is 0 Å². The molecule has 1 aliphatic carbocycles. The summed E-state index contributed by atoms with van der Waals surface area (Å²) in [6.07, 6.45) is 6.45. The highest BCUT2D eigenvalue weighted by atomic mass is 79.9. The minimum atomic E-state index is -0.548. The minimum absolute atomic E-state index is 0.0733. The first-order valence-electron chi connectivity index (χ1n) is 5.95. The van der Waals surface area contributed by atoms with Crippen molar-refractivity contribution in [3.05, 3.63) is 23.5 Å². The third-order valence-electron chi connectivity index (χ3n) is 3.52. The Morgan fingerprint density at radius 2 is 2.00 bits per heavy atom. The van der Waals surface area contributed by atoms with E-state index in [-0.39, 0.29) is 11.0 Å². The molecule has 0 N–H and O–H groups in total. The predicted molar refractivity (Wildman–Crippen MR) is 72.1 cm³/mol. The summed E-state index contributed by atoms with van der Waals surface area (Å²) in [6.45, 7) is 8.68. The van der Waals surface area contributed by atoms with Crippen LogP contribution >= 0.6 is 15.9 Å². The highest BCUT2D eigenvalue weighted by molar-refractivity contribution is 9.10. The molecule has 2 aliphatic rings. The summed E-state index contributed by atoms with van der Waals surface area (Å²) in [4.78, 5) is 11.1. The summed E-state index contributed by atoms with van der Waals surface area (Å²) in [6, 6.07) is 0. The molecule has 0 spiro atoms. The van der Waals surface area contributed by atoms with E-state index in [1.807, 2.05) is 12.2 Å². The van der Waals surface area contributed by atoms with Gasteiger partial charge in [-0.25, -0.2) is 0 Å². The zero-order valence-electron chi connectivity index (χ0n) is 10.8. The second-order valence-corrected chi connectivity index (χ2v) is 7.80. The number of carbonyl (C=O) groups excluding carboxylic acids is 1. The van der Waals surface area contributed by atoms with Gasteiger partial charge in [-0.3, -0.25) is 0 Å². The van der Waals surface area contributed by atoms with Crippen LogP contribution in [0.25, 0.3) is 0 Å². The Morgan fingerprint density at radius 3 is 2.59 bits per heavy atom. The molecule has 94 valence electrons. The average Bonchev–Trinajstić information content (AvgIpc) is 2.18. The lowest BCUT2D eigenvalue weighted by Crippen LogP contribution is -2.41. The van der Waals surface area contributed by atoms with E-state index >= 15 is 0 Å². The molecule has 2 rings (SSSR count). The molecule has 1 unspecified atom stereocenters. The first-order chi connectivity index (χ1) is 7.68. The summed E-state index contributed by atoms with van der Waals surface area (Å²) < 4.78 is 5.46. The third kappa shape index (κ3) is 2.35. The highest BCUT2D eigenvalue weighted by Crippen LogP contribution is 2.50. The molecule has 0 aromatic heterocycles. The lowest BCUT2D eigenvalue weighted by atomic mass is 9.69. The van der Waals surface area contributed by atoms with Gasteiger partial charge in [-0.1, -0.05) is 35.9 Å². The van der Waals surface area contributed by atoms with E-state index in [0.29, 0.717) is 6.42 Å². The van der Waals surface area contributed by atoms with Gasteiger partial charge >= 0.3 is 0 Å². The largest absolute Gasteiger partial charge is 0.488 e. The summed E-state index contributed by atoms with van der Waals surface area (Å²) in [5, 5.41) is 0. The molecule has 0 saturated heterocycles. The van der Waals surface area contributed by atoms with E-state index in [0.717, 1.165) is 18.5 Å². The molecular formula is C14H19BrO2. The Balaban J connectivity index is 2.42. The first-order valence-corrected chi connectivity index (χ1v) is 6.74. The summed E-state index contributed by atoms with van der Waals surface area (Å²) in [5.41, 5.74) is 1.17. The molecule has 0 bridgehead atoms. The van der Waals surface area contributed by atoms with Crippen LogP contribution in [0.5, 0.6) is 0 Å². The van der Waals surface area contributed by atoms with Crippen molar-refractivity contribution < 1.29 is 9.53 Å². The quantitative estimate of drug-likeness (QED) is 0.544. The molecule has 1 atom stereocenters. The molecule has 1 aliphatic heterocycles. The normalized spacial score (nSPS) is 33.9. The van der Waals surface area contributed by atoms with Gasteiger partial charge in [0.2, 0.25) is 0 Å². The van der Waals surface area contributed by atoms with Crippen molar-refractivity contribution in [2.45, 2.75) is 50.5 Å². The molecule has 0 aromatic carbocycles. The molecule has 1 heterocycles. The maximum absolute atomic E-state index is 11.1. The highest BCUT2D eigenvalue weighted by Gasteiger charge is 2.44. The van der Waals surface area contributed by atoms with Crippen LogP contribution in [-0.2, 0) is 9.53 Å². The van der Waals surface area contributed by atoms with Crippen LogP contribution in [0, 0.1) is 5.41 Å². The Bertz CT molecular complexity index is 418. The van der Waals surface area contributed by atoms with Crippen molar-refractivity contribution in [1.29, 1.82) is 0 Å². The van der Waals surface area contributed by atoms with Crippen LogP contribution in [0.3, 0.4) is 0 Å². The molecule has 0 radical (unpaired) electrons. The van der Waals surface area contributed by atoms with Gasteiger partial charge in [0.05, 0.1) is 0 Å². The van der Waals surface area contributed by atoms with E-state index in [1.54, 1.807) is 0 Å². The number of hydrogen-bond acceptors (Lipinski definition) is 2. The molecule has 0 amide bonds. The van der Waals surface area contributed by atoms with E-state index in [2.05, 4.69) is 43.6 Å². The number of rotatable bonds is 1. The molecule has 17 heavy (non-hydrogen) atoms. The monoisotopic (exact) mass is 298 g/mol. The SMILES string of the molecule is CC1(C)CC(C)(C)C2=C(C=CC(Br)(C=O)C2)O1. The van der Waals surface area contributed by atoms with Crippen LogP contribution in [0.2, 0.25) is 0 Å². The van der Waals surface area contributed by atoms with Gasteiger partial charge in [-0.05, 0) is 43.8 Å². The molecule has 0 fully saturated rings. The number of ether oxygens (including phenoxy) is 1. The van der Waals surface area contributed by atoms with Crippen LogP contribution in [0.1, 0.15) is 40.5 Å². The fourth-order valence-corrected chi connectivity index (χ4v) is 3.40. The van der Waals surface area contributed by atoms with Gasteiger partial charge in [0.1, 0.15) is 22.0 Å². The van der Waals surface area contributed by atoms with Gasteiger partial charge in [-0.15, -0.1) is 0 Å². The van der Waals surface area contributed by atoms with Gasteiger partial charge in [0.25, 0.3) is 0 Å². The molecule has 3 heteroatoms. The topological polar surface area (TPSA) is 26.3 Å². The Kier molecular flexibility index (Phi) is 2.81. The van der Waals surface area contributed by atoms with Crippen molar-refractivity contribution >= 4 is 22.2 Å². The van der Waals surface area contributed by atoms with E-state index in [9.17, 15) is 4.79 Å². The number of aldehydes is 1. The van der Waals surface area contributed by atoms with Gasteiger partial charge in [0.15, 0.2) is 0 Å². The first kappa shape index (κ1) is 12.9. The van der Waals surface area contributed by atoms with Crippen molar-refractivity contribution in [1.82, 2.24) is 0 Å². The minimum Gasteiger partial charge on any atom is -0.488 e.